The van der Waals surface area contributed by atoms with Crippen molar-refractivity contribution in [1.29, 1.82) is 0 Å². The Morgan fingerprint density at radius 2 is 1.96 bits per heavy atom. The van der Waals surface area contributed by atoms with Crippen LogP contribution < -0.4 is 10.6 Å². The number of fused-ring (bicyclic) bond motifs is 1. The number of aryl methyl sites for hydroxylation is 2. The first-order chi connectivity index (χ1) is 11.6. The summed E-state index contributed by atoms with van der Waals surface area (Å²) < 4.78 is 0. The first kappa shape index (κ1) is 16.1. The molecule has 0 fully saturated rings. The molecule has 0 bridgehead atoms. The van der Waals surface area contributed by atoms with Gasteiger partial charge in [-0.25, -0.2) is 0 Å². The fourth-order valence-corrected chi connectivity index (χ4v) is 2.92. The number of aromatic nitrogens is 1. The molecule has 24 heavy (non-hydrogen) atoms. The van der Waals surface area contributed by atoms with E-state index in [1.165, 1.54) is 16.5 Å². The highest BCUT2D eigenvalue weighted by Gasteiger charge is 2.05. The molecular formula is C20H23N3O. The number of benzene rings is 2. The smallest absolute Gasteiger partial charge is 0.239 e. The van der Waals surface area contributed by atoms with Crippen molar-refractivity contribution in [3.63, 3.8) is 0 Å². The van der Waals surface area contributed by atoms with Crippen molar-refractivity contribution in [1.82, 2.24) is 10.3 Å². The minimum Gasteiger partial charge on any atom is -0.376 e. The van der Waals surface area contributed by atoms with E-state index in [4.69, 9.17) is 0 Å². The molecule has 1 amide bonds. The first-order valence-corrected chi connectivity index (χ1v) is 8.26. The highest BCUT2D eigenvalue weighted by atomic mass is 16.1. The average Bonchev–Trinajstić information content (AvgIpc) is 2.97. The number of nitrogens with one attached hydrogen (secondary N) is 3. The lowest BCUT2D eigenvalue weighted by Crippen LogP contribution is -2.31. The standard InChI is InChI=1S/C20H23N3O/c1-14-7-8-18(15(2)11-14)23-13-20(24)21-10-9-16-12-22-19-6-4-3-5-17(16)19/h3-8,11-12,22-23H,9-10,13H2,1-2H3,(H,21,24). The quantitative estimate of drug-likeness (QED) is 0.650. The Labute approximate surface area is 142 Å². The van der Waals surface area contributed by atoms with Gasteiger partial charge in [-0.2, -0.15) is 0 Å². The minimum atomic E-state index is 0.00909. The number of carbonyl (C=O) groups excluding carboxylic acids is 1. The average molecular weight is 321 g/mol. The van der Waals surface area contributed by atoms with E-state index >= 15 is 0 Å². The number of rotatable bonds is 6. The zero-order valence-corrected chi connectivity index (χ0v) is 14.1. The molecule has 124 valence electrons. The fraction of sp³-hybridized carbons (Fsp3) is 0.250. The van der Waals surface area contributed by atoms with Crippen LogP contribution in [-0.2, 0) is 11.2 Å². The van der Waals surface area contributed by atoms with Crippen molar-refractivity contribution in [2.24, 2.45) is 0 Å². The summed E-state index contributed by atoms with van der Waals surface area (Å²) in [6.45, 7) is 5.03. The van der Waals surface area contributed by atoms with Crippen LogP contribution in [0, 0.1) is 13.8 Å². The summed E-state index contributed by atoms with van der Waals surface area (Å²) in [5.41, 5.74) is 5.75. The van der Waals surface area contributed by atoms with Crippen LogP contribution in [0.3, 0.4) is 0 Å². The number of hydrogen-bond acceptors (Lipinski definition) is 2. The SMILES string of the molecule is Cc1ccc(NCC(=O)NCCc2c[nH]c3ccccc23)c(C)c1. The third kappa shape index (κ3) is 3.77. The molecule has 0 radical (unpaired) electrons. The van der Waals surface area contributed by atoms with Gasteiger partial charge in [0.2, 0.25) is 5.91 Å². The number of aromatic amines is 1. The van der Waals surface area contributed by atoms with E-state index < -0.39 is 0 Å². The largest absolute Gasteiger partial charge is 0.376 e. The van der Waals surface area contributed by atoms with Gasteiger partial charge in [-0.3, -0.25) is 4.79 Å². The molecule has 3 rings (SSSR count). The summed E-state index contributed by atoms with van der Waals surface area (Å²) in [7, 11) is 0. The van der Waals surface area contributed by atoms with Crippen LogP contribution in [-0.4, -0.2) is 24.0 Å². The number of para-hydroxylation sites is 1. The maximum atomic E-state index is 12.0. The molecule has 0 unspecified atom stereocenters. The summed E-state index contributed by atoms with van der Waals surface area (Å²) in [6, 6.07) is 14.4. The predicted molar refractivity (Wildman–Crippen MR) is 99.4 cm³/mol. The molecule has 0 aliphatic rings. The molecule has 0 saturated heterocycles. The lowest BCUT2D eigenvalue weighted by atomic mass is 10.1. The van der Waals surface area contributed by atoms with E-state index in [9.17, 15) is 4.79 Å². The zero-order valence-electron chi connectivity index (χ0n) is 14.1. The Morgan fingerprint density at radius 1 is 1.12 bits per heavy atom. The molecule has 0 atom stereocenters. The predicted octanol–water partition coefficient (Wildman–Crippen LogP) is 3.56. The normalized spacial score (nSPS) is 10.8. The highest BCUT2D eigenvalue weighted by Crippen LogP contribution is 2.18. The molecular weight excluding hydrogens is 298 g/mol. The van der Waals surface area contributed by atoms with Crippen LogP contribution in [0.15, 0.2) is 48.7 Å². The molecule has 1 heterocycles. The van der Waals surface area contributed by atoms with Gasteiger partial charge < -0.3 is 15.6 Å². The Hall–Kier alpha value is -2.75. The lowest BCUT2D eigenvalue weighted by Gasteiger charge is -2.10. The van der Waals surface area contributed by atoms with E-state index in [0.717, 1.165) is 23.2 Å². The zero-order chi connectivity index (χ0) is 16.9. The van der Waals surface area contributed by atoms with Gasteiger partial charge in [0.15, 0.2) is 0 Å². The van der Waals surface area contributed by atoms with Crippen LogP contribution in [0.5, 0.6) is 0 Å². The second-order valence-corrected chi connectivity index (χ2v) is 6.13. The van der Waals surface area contributed by atoms with Crippen molar-refractivity contribution >= 4 is 22.5 Å². The number of H-pyrrole nitrogens is 1. The van der Waals surface area contributed by atoms with E-state index in [-0.39, 0.29) is 12.5 Å². The molecule has 0 spiro atoms. The Bertz CT molecular complexity index is 851. The van der Waals surface area contributed by atoms with E-state index in [0.29, 0.717) is 6.54 Å². The van der Waals surface area contributed by atoms with Gasteiger partial charge in [0.05, 0.1) is 6.54 Å². The van der Waals surface area contributed by atoms with E-state index in [1.807, 2.05) is 37.4 Å². The second-order valence-electron chi connectivity index (χ2n) is 6.13. The maximum Gasteiger partial charge on any atom is 0.239 e. The van der Waals surface area contributed by atoms with Crippen molar-refractivity contribution in [2.45, 2.75) is 20.3 Å². The van der Waals surface area contributed by atoms with Gasteiger partial charge >= 0.3 is 0 Å². The summed E-state index contributed by atoms with van der Waals surface area (Å²) in [4.78, 5) is 15.3. The number of amides is 1. The summed E-state index contributed by atoms with van der Waals surface area (Å²) in [5.74, 6) is 0.00909. The molecule has 4 nitrogen and oxygen atoms in total. The topological polar surface area (TPSA) is 56.9 Å². The van der Waals surface area contributed by atoms with E-state index in [1.54, 1.807) is 0 Å². The minimum absolute atomic E-state index is 0.00909. The fourth-order valence-electron chi connectivity index (χ4n) is 2.92. The third-order valence-electron chi connectivity index (χ3n) is 4.21. The highest BCUT2D eigenvalue weighted by molar-refractivity contribution is 5.83. The molecule has 0 aliphatic heterocycles. The van der Waals surface area contributed by atoms with Crippen molar-refractivity contribution in [3.8, 4) is 0 Å². The summed E-state index contributed by atoms with van der Waals surface area (Å²) >= 11 is 0. The Morgan fingerprint density at radius 3 is 2.79 bits per heavy atom. The lowest BCUT2D eigenvalue weighted by molar-refractivity contribution is -0.119. The van der Waals surface area contributed by atoms with Gasteiger partial charge in [0, 0.05) is 29.3 Å². The van der Waals surface area contributed by atoms with Gasteiger partial charge in [-0.1, -0.05) is 35.9 Å². The molecule has 2 aromatic carbocycles. The molecule has 3 aromatic rings. The number of carbonyl (C=O) groups is 1. The Kier molecular flexibility index (Phi) is 4.85. The first-order valence-electron chi connectivity index (χ1n) is 8.26. The number of anilines is 1. The van der Waals surface area contributed by atoms with Gasteiger partial charge in [-0.05, 0) is 43.5 Å². The van der Waals surface area contributed by atoms with Crippen LogP contribution in [0.25, 0.3) is 10.9 Å². The molecule has 0 aliphatic carbocycles. The van der Waals surface area contributed by atoms with Crippen LogP contribution in [0.2, 0.25) is 0 Å². The second kappa shape index (κ2) is 7.21. The van der Waals surface area contributed by atoms with Gasteiger partial charge in [0.25, 0.3) is 0 Å². The summed E-state index contributed by atoms with van der Waals surface area (Å²) in [6.07, 6.45) is 2.84. The van der Waals surface area contributed by atoms with Gasteiger partial charge in [0.1, 0.15) is 0 Å². The van der Waals surface area contributed by atoms with Crippen LogP contribution >= 0.6 is 0 Å². The van der Waals surface area contributed by atoms with Gasteiger partial charge in [-0.15, -0.1) is 0 Å². The maximum absolute atomic E-state index is 12.0. The van der Waals surface area contributed by atoms with Crippen molar-refractivity contribution in [3.05, 3.63) is 65.4 Å². The summed E-state index contributed by atoms with van der Waals surface area (Å²) in [5, 5.41) is 7.39. The third-order valence-corrected chi connectivity index (χ3v) is 4.21. The van der Waals surface area contributed by atoms with Crippen molar-refractivity contribution in [2.75, 3.05) is 18.4 Å². The number of hydrogen-bond donors (Lipinski definition) is 3. The molecule has 3 N–H and O–H groups in total. The van der Waals surface area contributed by atoms with Crippen LogP contribution in [0.4, 0.5) is 5.69 Å². The molecule has 4 heteroatoms. The Balaban J connectivity index is 1.47. The molecule has 1 aromatic heterocycles. The monoisotopic (exact) mass is 321 g/mol. The van der Waals surface area contributed by atoms with Crippen LogP contribution in [0.1, 0.15) is 16.7 Å². The molecule has 0 saturated carbocycles. The van der Waals surface area contributed by atoms with E-state index in [2.05, 4.69) is 40.7 Å². The van der Waals surface area contributed by atoms with Crippen molar-refractivity contribution < 1.29 is 4.79 Å².